The maximum atomic E-state index is 14.4. The summed E-state index contributed by atoms with van der Waals surface area (Å²) in [5.74, 6) is -0.0821. The zero-order valence-corrected chi connectivity index (χ0v) is 27.8. The summed E-state index contributed by atoms with van der Waals surface area (Å²) in [7, 11) is 1.55. The first-order valence-corrected chi connectivity index (χ1v) is 16.3. The molecule has 4 aromatic rings. The Labute approximate surface area is 272 Å². The fourth-order valence-electron chi connectivity index (χ4n) is 5.35. The number of fused-ring (bicyclic) bond motifs is 2. The third-order valence-corrected chi connectivity index (χ3v) is 8.71. The van der Waals surface area contributed by atoms with Crippen LogP contribution in [0.4, 0.5) is 0 Å². The number of carbonyl (C=O) groups excluding carboxylic acids is 2. The predicted octanol–water partition coefficient (Wildman–Crippen LogP) is 5.44. The van der Waals surface area contributed by atoms with Gasteiger partial charge in [0.1, 0.15) is 17.5 Å². The van der Waals surface area contributed by atoms with Gasteiger partial charge >= 0.3 is 11.9 Å². The number of ether oxygens (including phenoxy) is 4. The molecule has 0 radical (unpaired) electrons. The number of rotatable bonds is 11. The Hall–Kier alpha value is -4.22. The topological polar surface area (TPSA) is 105 Å². The third kappa shape index (κ3) is 6.60. The largest absolute Gasteiger partial charge is 0.496 e. The first-order valence-electron chi connectivity index (χ1n) is 14.7. The zero-order chi connectivity index (χ0) is 32.1. The van der Waals surface area contributed by atoms with Crippen molar-refractivity contribution in [2.45, 2.75) is 39.7 Å². The summed E-state index contributed by atoms with van der Waals surface area (Å²) in [5.41, 5.74) is 1.79. The molecule has 45 heavy (non-hydrogen) atoms. The Kier molecular flexibility index (Phi) is 10.2. The molecule has 3 aromatic carbocycles. The number of esters is 2. The van der Waals surface area contributed by atoms with E-state index in [1.165, 1.54) is 15.9 Å². The highest BCUT2D eigenvalue weighted by atomic mass is 79.9. The minimum absolute atomic E-state index is 0.171. The summed E-state index contributed by atoms with van der Waals surface area (Å²) in [6.07, 6.45) is 3.01. The van der Waals surface area contributed by atoms with Gasteiger partial charge in [0.25, 0.3) is 5.56 Å². The molecule has 5 rings (SSSR count). The number of halogens is 1. The zero-order valence-electron chi connectivity index (χ0n) is 25.4. The average Bonchev–Trinajstić information content (AvgIpc) is 3.34. The van der Waals surface area contributed by atoms with E-state index in [0.29, 0.717) is 49.7 Å². The predicted molar refractivity (Wildman–Crippen MR) is 176 cm³/mol. The second-order valence-corrected chi connectivity index (χ2v) is 12.0. The van der Waals surface area contributed by atoms with Gasteiger partial charge in [-0.2, -0.15) is 0 Å². The van der Waals surface area contributed by atoms with Crippen LogP contribution in [-0.4, -0.2) is 43.4 Å². The van der Waals surface area contributed by atoms with Crippen LogP contribution in [0.5, 0.6) is 11.5 Å². The molecule has 0 aliphatic carbocycles. The van der Waals surface area contributed by atoms with Gasteiger partial charge in [-0.1, -0.05) is 70.9 Å². The van der Waals surface area contributed by atoms with Crippen LogP contribution in [0.3, 0.4) is 0 Å². The van der Waals surface area contributed by atoms with Crippen molar-refractivity contribution in [3.8, 4) is 11.5 Å². The van der Waals surface area contributed by atoms with E-state index in [1.54, 1.807) is 39.2 Å². The van der Waals surface area contributed by atoms with E-state index < -0.39 is 18.0 Å². The third-order valence-electron chi connectivity index (χ3n) is 7.24. The highest BCUT2D eigenvalue weighted by Gasteiger charge is 2.36. The first kappa shape index (κ1) is 32.2. The van der Waals surface area contributed by atoms with Gasteiger partial charge in [0.05, 0.1) is 36.1 Å². The smallest absolute Gasteiger partial charge is 0.344 e. The molecule has 1 aliphatic rings. The van der Waals surface area contributed by atoms with Crippen molar-refractivity contribution in [3.63, 3.8) is 0 Å². The minimum atomic E-state index is -0.844. The van der Waals surface area contributed by atoms with Crippen LogP contribution in [-0.2, 0) is 19.1 Å². The van der Waals surface area contributed by atoms with Crippen molar-refractivity contribution in [1.29, 1.82) is 0 Å². The number of methoxy groups -OCH3 is 1. The van der Waals surface area contributed by atoms with E-state index in [1.807, 2.05) is 49.4 Å². The first-order chi connectivity index (χ1) is 21.8. The molecule has 0 amide bonds. The second-order valence-electron chi connectivity index (χ2n) is 10.1. The van der Waals surface area contributed by atoms with Gasteiger partial charge in [0.15, 0.2) is 11.4 Å². The number of hydrogen-bond acceptors (Lipinski definition) is 9. The lowest BCUT2D eigenvalue weighted by Crippen LogP contribution is -2.40. The number of allylic oxidation sites excluding steroid dienone is 1. The lowest BCUT2D eigenvalue weighted by Gasteiger charge is -2.27. The maximum Gasteiger partial charge on any atom is 0.344 e. The number of nitrogens with zero attached hydrogens (tertiary/aromatic N) is 2. The van der Waals surface area contributed by atoms with Crippen molar-refractivity contribution < 1.29 is 28.5 Å². The summed E-state index contributed by atoms with van der Waals surface area (Å²) in [6.45, 7) is 5.62. The SMILES string of the molecule is CCCC1=C(C(=O)OCC)[C@H](c2cc(Br)ccc2OC)n2c(s/c(=C/c3c(OCC(=O)OCC)ccc4ccccc34)c2=O)=N1. The lowest BCUT2D eigenvalue weighted by molar-refractivity contribution is -0.145. The molecule has 0 unspecified atom stereocenters. The Bertz CT molecular complexity index is 1980. The molecule has 0 saturated heterocycles. The fraction of sp³-hybridized carbons (Fsp3) is 0.294. The average molecular weight is 694 g/mol. The van der Waals surface area contributed by atoms with E-state index in [2.05, 4.69) is 15.9 Å². The second kappa shape index (κ2) is 14.3. The molecule has 1 atom stereocenters. The highest BCUT2D eigenvalue weighted by Crippen LogP contribution is 2.38. The number of benzene rings is 3. The number of carbonyl (C=O) groups is 2. The molecule has 0 N–H and O–H groups in total. The molecule has 234 valence electrons. The molecule has 2 heterocycles. The van der Waals surface area contributed by atoms with Crippen LogP contribution in [0, 0.1) is 0 Å². The van der Waals surface area contributed by atoms with Crippen molar-refractivity contribution in [1.82, 2.24) is 4.57 Å². The molecular formula is C34H33BrN2O7S. The number of thiazole rings is 1. The minimum Gasteiger partial charge on any atom is -0.496 e. The van der Waals surface area contributed by atoms with Crippen molar-refractivity contribution in [3.05, 3.63) is 101 Å². The molecule has 1 aliphatic heterocycles. The summed E-state index contributed by atoms with van der Waals surface area (Å²) < 4.78 is 24.9. The van der Waals surface area contributed by atoms with E-state index in [-0.39, 0.29) is 25.4 Å². The lowest BCUT2D eigenvalue weighted by atomic mass is 9.93. The van der Waals surface area contributed by atoms with Crippen molar-refractivity contribution in [2.75, 3.05) is 26.9 Å². The quantitative estimate of drug-likeness (QED) is 0.193. The van der Waals surface area contributed by atoms with Gasteiger partial charge in [0.2, 0.25) is 0 Å². The molecule has 0 saturated carbocycles. The van der Waals surface area contributed by atoms with Gasteiger partial charge in [0, 0.05) is 15.6 Å². The molecule has 11 heteroatoms. The van der Waals surface area contributed by atoms with E-state index in [9.17, 15) is 14.4 Å². The Morgan fingerprint density at radius 1 is 1.02 bits per heavy atom. The molecule has 0 bridgehead atoms. The highest BCUT2D eigenvalue weighted by molar-refractivity contribution is 9.10. The maximum absolute atomic E-state index is 14.4. The van der Waals surface area contributed by atoms with Crippen molar-refractivity contribution >= 4 is 56.1 Å². The summed E-state index contributed by atoms with van der Waals surface area (Å²) in [5, 5.41) is 1.78. The summed E-state index contributed by atoms with van der Waals surface area (Å²) >= 11 is 4.77. The van der Waals surface area contributed by atoms with Crippen LogP contribution in [0.15, 0.2) is 80.1 Å². The van der Waals surface area contributed by atoms with Crippen LogP contribution in [0.1, 0.15) is 50.8 Å². The van der Waals surface area contributed by atoms with Gasteiger partial charge in [-0.05, 0) is 61.4 Å². The van der Waals surface area contributed by atoms with Gasteiger partial charge in [-0.15, -0.1) is 0 Å². The summed E-state index contributed by atoms with van der Waals surface area (Å²) in [4.78, 5) is 45.4. The van der Waals surface area contributed by atoms with E-state index in [0.717, 1.165) is 21.7 Å². The molecular weight excluding hydrogens is 660 g/mol. The fourth-order valence-corrected chi connectivity index (χ4v) is 6.74. The van der Waals surface area contributed by atoms with Crippen molar-refractivity contribution in [2.24, 2.45) is 4.99 Å². The van der Waals surface area contributed by atoms with E-state index >= 15 is 0 Å². The number of aromatic nitrogens is 1. The van der Waals surface area contributed by atoms with Gasteiger partial charge in [-0.25, -0.2) is 14.6 Å². The van der Waals surface area contributed by atoms with Crippen LogP contribution in [0.2, 0.25) is 0 Å². The van der Waals surface area contributed by atoms with Crippen LogP contribution >= 0.6 is 27.3 Å². The van der Waals surface area contributed by atoms with Crippen LogP contribution < -0.4 is 24.4 Å². The monoisotopic (exact) mass is 692 g/mol. The molecule has 9 nitrogen and oxygen atoms in total. The van der Waals surface area contributed by atoms with E-state index in [4.69, 9.17) is 23.9 Å². The normalized spacial score (nSPS) is 14.6. The standard InChI is InChI=1S/C34H33BrN2O7S/c1-5-10-25-30(33(40)43-7-3)31(24-17-21(35)14-16-26(24)41-4)37-32(39)28(45-34(37)36-25)18-23-22-12-9-8-11-20(22)13-15-27(23)44-19-29(38)42-6-2/h8-9,11-18,31H,5-7,10,19H2,1-4H3/b28-18+/t31-/m0/s1. The number of hydrogen-bond donors (Lipinski definition) is 0. The molecule has 0 fully saturated rings. The molecule has 1 aromatic heterocycles. The Morgan fingerprint density at radius 3 is 2.51 bits per heavy atom. The van der Waals surface area contributed by atoms with Gasteiger partial charge in [-0.3, -0.25) is 9.36 Å². The van der Waals surface area contributed by atoms with Gasteiger partial charge < -0.3 is 18.9 Å². The van der Waals surface area contributed by atoms with Crippen LogP contribution in [0.25, 0.3) is 16.8 Å². The molecule has 0 spiro atoms. The Morgan fingerprint density at radius 2 is 1.78 bits per heavy atom. The summed E-state index contributed by atoms with van der Waals surface area (Å²) in [6, 6.07) is 16.0. The Balaban J connectivity index is 1.78.